The van der Waals surface area contributed by atoms with Crippen molar-refractivity contribution in [2.75, 3.05) is 6.61 Å². The lowest BCUT2D eigenvalue weighted by molar-refractivity contribution is -0.120. The number of halogens is 1. The number of primary amides is 1. The molecule has 0 aromatic carbocycles. The van der Waals surface area contributed by atoms with Crippen molar-refractivity contribution in [3.63, 3.8) is 0 Å². The average Bonchev–Trinajstić information content (AvgIpc) is 2.67. The van der Waals surface area contributed by atoms with Gasteiger partial charge < -0.3 is 20.6 Å². The van der Waals surface area contributed by atoms with Gasteiger partial charge in [0.2, 0.25) is 11.8 Å². The Morgan fingerprint density at radius 2 is 1.66 bits per heavy atom. The van der Waals surface area contributed by atoms with Gasteiger partial charge in [-0.25, -0.2) is 4.39 Å². The average molecular weight is 417 g/mol. The maximum Gasteiger partial charge on any atom is 0.217 e. The summed E-state index contributed by atoms with van der Waals surface area (Å²) in [5.41, 5.74) is 5.04. The molecule has 0 unspecified atom stereocenters. The molecule has 3 N–H and O–H groups in total. The molecule has 2 aliphatic rings. The Morgan fingerprint density at radius 3 is 2.03 bits per heavy atom. The van der Waals surface area contributed by atoms with E-state index in [1.165, 1.54) is 6.42 Å². The summed E-state index contributed by atoms with van der Waals surface area (Å²) in [6, 6.07) is 0.304. The lowest BCUT2D eigenvalue weighted by Gasteiger charge is -2.28. The van der Waals surface area contributed by atoms with E-state index < -0.39 is 6.17 Å². The zero-order valence-electron chi connectivity index (χ0n) is 18.5. The zero-order chi connectivity index (χ0) is 22.1. The lowest BCUT2D eigenvalue weighted by atomic mass is 9.93. The minimum absolute atomic E-state index is 0.0378. The summed E-state index contributed by atoms with van der Waals surface area (Å²) in [5.74, 6) is -0.0335. The van der Waals surface area contributed by atoms with E-state index in [-0.39, 0.29) is 23.8 Å². The third-order valence-electron chi connectivity index (χ3n) is 4.81. The van der Waals surface area contributed by atoms with Gasteiger partial charge in [0.1, 0.15) is 12.5 Å². The highest BCUT2D eigenvalue weighted by Gasteiger charge is 2.21. The van der Waals surface area contributed by atoms with E-state index in [4.69, 9.17) is 10.5 Å². The van der Waals surface area contributed by atoms with Crippen LogP contribution >= 0.6 is 0 Å². The SMILES string of the molecule is CC(=O)NC1CCC(OCCCC(N)=O)CC1.CC(C)C=O.FC1CCCCC1. The van der Waals surface area contributed by atoms with Crippen molar-refractivity contribution in [3.8, 4) is 0 Å². The van der Waals surface area contributed by atoms with Gasteiger partial charge in [-0.2, -0.15) is 0 Å². The van der Waals surface area contributed by atoms with Crippen LogP contribution in [0.1, 0.15) is 91.4 Å². The first-order valence-electron chi connectivity index (χ1n) is 11.0. The third kappa shape index (κ3) is 18.3. The van der Waals surface area contributed by atoms with Crippen LogP contribution in [-0.2, 0) is 19.1 Å². The number of amides is 2. The summed E-state index contributed by atoms with van der Waals surface area (Å²) in [6.07, 6.45) is 10.8. The van der Waals surface area contributed by atoms with Crippen LogP contribution in [0.3, 0.4) is 0 Å². The van der Waals surface area contributed by atoms with Crippen LogP contribution in [0.2, 0.25) is 0 Å². The van der Waals surface area contributed by atoms with Crippen LogP contribution in [0, 0.1) is 5.92 Å². The zero-order valence-corrected chi connectivity index (χ0v) is 18.5. The Labute approximate surface area is 175 Å². The van der Waals surface area contributed by atoms with Crippen LogP contribution in [0.4, 0.5) is 4.39 Å². The fourth-order valence-electron chi connectivity index (χ4n) is 3.21. The molecule has 0 heterocycles. The van der Waals surface area contributed by atoms with Gasteiger partial charge in [-0.3, -0.25) is 9.59 Å². The minimum atomic E-state index is -0.464. The minimum Gasteiger partial charge on any atom is -0.378 e. The van der Waals surface area contributed by atoms with Crippen molar-refractivity contribution in [2.24, 2.45) is 11.7 Å². The number of hydrogen-bond acceptors (Lipinski definition) is 4. The molecular formula is C22H41FN2O4. The molecule has 6 nitrogen and oxygen atoms in total. The third-order valence-corrected chi connectivity index (χ3v) is 4.81. The monoisotopic (exact) mass is 416 g/mol. The van der Waals surface area contributed by atoms with Crippen LogP contribution in [0.15, 0.2) is 0 Å². The standard InChI is InChI=1S/C12H22N2O3.C6H11F.C4H8O/c1-9(15)14-10-4-6-11(7-5-10)17-8-2-3-12(13)16;7-6-4-2-1-3-5-6;1-4(2)3-5/h10-11H,2-8H2,1H3,(H2,13,16)(H,14,15);6H,1-5H2;3-4H,1-2H3. The molecule has 0 atom stereocenters. The van der Waals surface area contributed by atoms with Crippen molar-refractivity contribution in [1.29, 1.82) is 0 Å². The van der Waals surface area contributed by atoms with E-state index in [0.29, 0.717) is 25.5 Å². The second kappa shape index (κ2) is 17.4. The largest absolute Gasteiger partial charge is 0.378 e. The van der Waals surface area contributed by atoms with Crippen molar-refractivity contribution < 1.29 is 23.5 Å². The summed E-state index contributed by atoms with van der Waals surface area (Å²) in [4.78, 5) is 30.9. The van der Waals surface area contributed by atoms with E-state index in [0.717, 1.165) is 57.7 Å². The number of nitrogens with two attached hydrogens (primary N) is 1. The molecule has 0 saturated heterocycles. The van der Waals surface area contributed by atoms with Crippen LogP contribution in [-0.4, -0.2) is 43.0 Å². The maximum atomic E-state index is 12.2. The van der Waals surface area contributed by atoms with E-state index in [9.17, 15) is 18.8 Å². The quantitative estimate of drug-likeness (QED) is 0.486. The first-order valence-corrected chi connectivity index (χ1v) is 11.0. The number of alkyl halides is 1. The molecule has 2 aliphatic carbocycles. The van der Waals surface area contributed by atoms with Gasteiger partial charge in [0.05, 0.1) is 6.10 Å². The molecule has 0 radical (unpaired) electrons. The fourth-order valence-corrected chi connectivity index (χ4v) is 3.21. The molecule has 2 amide bonds. The van der Waals surface area contributed by atoms with Gasteiger partial charge >= 0.3 is 0 Å². The number of nitrogens with one attached hydrogen (secondary N) is 1. The second-order valence-electron chi connectivity index (χ2n) is 8.23. The molecule has 0 aliphatic heterocycles. The number of rotatable bonds is 7. The summed E-state index contributed by atoms with van der Waals surface area (Å²) >= 11 is 0. The molecule has 2 saturated carbocycles. The Balaban J connectivity index is 0.000000532. The van der Waals surface area contributed by atoms with Crippen molar-refractivity contribution in [1.82, 2.24) is 5.32 Å². The highest BCUT2D eigenvalue weighted by atomic mass is 19.1. The van der Waals surface area contributed by atoms with E-state index in [1.807, 2.05) is 13.8 Å². The number of hydrogen-bond donors (Lipinski definition) is 2. The smallest absolute Gasteiger partial charge is 0.217 e. The second-order valence-corrected chi connectivity index (χ2v) is 8.23. The van der Waals surface area contributed by atoms with Crippen LogP contribution in [0.25, 0.3) is 0 Å². The van der Waals surface area contributed by atoms with E-state index in [1.54, 1.807) is 6.92 Å². The number of carbonyl (C=O) groups excluding carboxylic acids is 3. The number of carbonyl (C=O) groups is 3. The molecule has 0 spiro atoms. The molecule has 170 valence electrons. The highest BCUT2D eigenvalue weighted by Crippen LogP contribution is 2.21. The van der Waals surface area contributed by atoms with Gasteiger partial charge in [0, 0.05) is 31.9 Å². The van der Waals surface area contributed by atoms with Gasteiger partial charge in [-0.05, 0) is 44.9 Å². The summed E-state index contributed by atoms with van der Waals surface area (Å²) < 4.78 is 17.8. The topological polar surface area (TPSA) is 98.5 Å². The van der Waals surface area contributed by atoms with Crippen molar-refractivity contribution >= 4 is 18.1 Å². The van der Waals surface area contributed by atoms with Gasteiger partial charge in [0.25, 0.3) is 0 Å². The molecule has 7 heteroatoms. The summed E-state index contributed by atoms with van der Waals surface area (Å²) in [7, 11) is 0. The Morgan fingerprint density at radius 1 is 1.10 bits per heavy atom. The Kier molecular flexibility index (Phi) is 16.5. The molecule has 0 aromatic rings. The normalized spacial score (nSPS) is 21.8. The van der Waals surface area contributed by atoms with Crippen LogP contribution < -0.4 is 11.1 Å². The molecule has 2 fully saturated rings. The molecular weight excluding hydrogens is 375 g/mol. The van der Waals surface area contributed by atoms with Crippen LogP contribution in [0.5, 0.6) is 0 Å². The molecule has 0 bridgehead atoms. The predicted octanol–water partition coefficient (Wildman–Crippen LogP) is 3.85. The van der Waals surface area contributed by atoms with Gasteiger partial charge in [0.15, 0.2) is 0 Å². The highest BCUT2D eigenvalue weighted by molar-refractivity contribution is 5.73. The van der Waals surface area contributed by atoms with E-state index in [2.05, 4.69) is 5.32 Å². The van der Waals surface area contributed by atoms with Crippen molar-refractivity contribution in [2.45, 2.75) is 110 Å². The van der Waals surface area contributed by atoms with E-state index >= 15 is 0 Å². The fraction of sp³-hybridized carbons (Fsp3) is 0.864. The summed E-state index contributed by atoms with van der Waals surface area (Å²) in [6.45, 7) is 5.85. The molecule has 2 rings (SSSR count). The predicted molar refractivity (Wildman–Crippen MR) is 113 cm³/mol. The van der Waals surface area contributed by atoms with Gasteiger partial charge in [-0.1, -0.05) is 33.1 Å². The Hall–Kier alpha value is -1.50. The molecule has 29 heavy (non-hydrogen) atoms. The Bertz CT molecular complexity index is 443. The number of aldehydes is 1. The first-order chi connectivity index (χ1) is 13.7. The maximum absolute atomic E-state index is 12.2. The lowest BCUT2D eigenvalue weighted by Crippen LogP contribution is -2.37. The summed E-state index contributed by atoms with van der Waals surface area (Å²) in [5, 5.41) is 2.93. The van der Waals surface area contributed by atoms with Crippen molar-refractivity contribution in [3.05, 3.63) is 0 Å². The first kappa shape index (κ1) is 27.5. The van der Waals surface area contributed by atoms with Gasteiger partial charge in [-0.15, -0.1) is 0 Å². The number of ether oxygens (including phenoxy) is 1. The molecule has 0 aromatic heterocycles.